The van der Waals surface area contributed by atoms with Gasteiger partial charge in [0, 0.05) is 16.1 Å². The number of alkyl halides is 3. The second kappa shape index (κ2) is 12.5. The van der Waals surface area contributed by atoms with Crippen molar-refractivity contribution in [3.8, 4) is 17.6 Å². The Hall–Kier alpha value is -4.11. The second-order valence-electron chi connectivity index (χ2n) is 10.7. The van der Waals surface area contributed by atoms with E-state index in [-0.39, 0.29) is 39.0 Å². The molecule has 1 aliphatic rings. The SMILES string of the molecule is CC(C)(C#Cc1ccc(NC(=O)COc2ccc(Cl)cc2C(=O)c2cc(F)cc(C(F)(F)F)c2)c(Cl)c1)NC(=O)C1(N)CC1. The molecule has 0 spiro atoms. The van der Waals surface area contributed by atoms with Crippen LogP contribution >= 0.6 is 23.2 Å². The van der Waals surface area contributed by atoms with Crippen LogP contribution in [0.25, 0.3) is 0 Å². The number of halogens is 6. The number of ether oxygens (including phenoxy) is 1. The first-order chi connectivity index (χ1) is 20.5. The first kappa shape index (κ1) is 32.8. The Morgan fingerprint density at radius 3 is 2.36 bits per heavy atom. The van der Waals surface area contributed by atoms with E-state index in [1.165, 1.54) is 24.3 Å². The summed E-state index contributed by atoms with van der Waals surface area (Å²) < 4.78 is 58.9. The van der Waals surface area contributed by atoms with Gasteiger partial charge in [-0.3, -0.25) is 14.4 Å². The molecule has 0 atom stereocenters. The van der Waals surface area contributed by atoms with Gasteiger partial charge in [0.05, 0.1) is 32.9 Å². The molecule has 0 unspecified atom stereocenters. The lowest BCUT2D eigenvalue weighted by molar-refractivity contribution is -0.137. The summed E-state index contributed by atoms with van der Waals surface area (Å²) in [5.74, 6) is 2.52. The van der Waals surface area contributed by atoms with Crippen LogP contribution < -0.4 is 21.1 Å². The maximum atomic E-state index is 13.9. The van der Waals surface area contributed by atoms with E-state index in [9.17, 15) is 31.9 Å². The lowest BCUT2D eigenvalue weighted by atomic mass is 10.00. The van der Waals surface area contributed by atoms with E-state index in [1.54, 1.807) is 19.9 Å². The van der Waals surface area contributed by atoms with Crippen LogP contribution in [0.1, 0.15) is 53.7 Å². The van der Waals surface area contributed by atoms with Crippen LogP contribution in [0.4, 0.5) is 23.2 Å². The number of hydrogen-bond acceptors (Lipinski definition) is 5. The summed E-state index contributed by atoms with van der Waals surface area (Å²) in [6.07, 6.45) is -3.64. The molecule has 0 aromatic heterocycles. The summed E-state index contributed by atoms with van der Waals surface area (Å²) in [7, 11) is 0. The molecule has 1 saturated carbocycles. The highest BCUT2D eigenvalue weighted by molar-refractivity contribution is 6.33. The fraction of sp³-hybridized carbons (Fsp3) is 0.258. The first-order valence-electron chi connectivity index (χ1n) is 13.0. The van der Waals surface area contributed by atoms with Crippen molar-refractivity contribution < 1.29 is 36.7 Å². The van der Waals surface area contributed by atoms with Crippen molar-refractivity contribution in [3.63, 3.8) is 0 Å². The molecule has 0 saturated heterocycles. The number of nitrogens with two attached hydrogens (primary N) is 1. The smallest absolute Gasteiger partial charge is 0.416 e. The molecular formula is C31H25Cl2F4N3O4. The van der Waals surface area contributed by atoms with Crippen molar-refractivity contribution in [1.29, 1.82) is 0 Å². The predicted molar refractivity (Wildman–Crippen MR) is 157 cm³/mol. The van der Waals surface area contributed by atoms with Crippen LogP contribution in [0.2, 0.25) is 10.0 Å². The van der Waals surface area contributed by atoms with Crippen LogP contribution in [0, 0.1) is 17.7 Å². The van der Waals surface area contributed by atoms with E-state index in [0.29, 0.717) is 30.5 Å². The number of hydrogen-bond donors (Lipinski definition) is 3. The monoisotopic (exact) mass is 649 g/mol. The molecule has 0 bridgehead atoms. The molecule has 7 nitrogen and oxygen atoms in total. The Labute approximate surface area is 260 Å². The number of rotatable bonds is 8. The zero-order valence-corrected chi connectivity index (χ0v) is 24.8. The molecule has 0 radical (unpaired) electrons. The van der Waals surface area contributed by atoms with Crippen LogP contribution in [-0.2, 0) is 15.8 Å². The number of ketones is 1. The van der Waals surface area contributed by atoms with Crippen molar-refractivity contribution in [2.24, 2.45) is 5.73 Å². The van der Waals surface area contributed by atoms with Gasteiger partial charge in [0.25, 0.3) is 5.91 Å². The number of benzene rings is 3. The van der Waals surface area contributed by atoms with Gasteiger partial charge in [-0.15, -0.1) is 0 Å². The van der Waals surface area contributed by atoms with Gasteiger partial charge in [-0.05, 0) is 81.3 Å². The number of nitrogens with one attached hydrogen (secondary N) is 2. The molecule has 0 heterocycles. The predicted octanol–water partition coefficient (Wildman–Crippen LogP) is 6.14. The van der Waals surface area contributed by atoms with Crippen LogP contribution in [0.3, 0.4) is 0 Å². The fourth-order valence-electron chi connectivity index (χ4n) is 3.90. The van der Waals surface area contributed by atoms with Gasteiger partial charge in [-0.25, -0.2) is 4.39 Å². The van der Waals surface area contributed by atoms with Gasteiger partial charge >= 0.3 is 6.18 Å². The third-order valence-corrected chi connectivity index (χ3v) is 7.01. The third-order valence-electron chi connectivity index (χ3n) is 6.46. The van der Waals surface area contributed by atoms with E-state index in [0.717, 1.165) is 6.07 Å². The molecule has 44 heavy (non-hydrogen) atoms. The first-order valence-corrected chi connectivity index (χ1v) is 13.8. The minimum Gasteiger partial charge on any atom is -0.483 e. The van der Waals surface area contributed by atoms with Crippen LogP contribution in [0.15, 0.2) is 54.6 Å². The minimum absolute atomic E-state index is 0.0598. The summed E-state index contributed by atoms with van der Waals surface area (Å²) in [5, 5.41) is 5.58. The van der Waals surface area contributed by atoms with E-state index in [2.05, 4.69) is 22.5 Å². The maximum absolute atomic E-state index is 13.9. The highest BCUT2D eigenvalue weighted by Gasteiger charge is 2.47. The van der Waals surface area contributed by atoms with E-state index >= 15 is 0 Å². The highest BCUT2D eigenvalue weighted by atomic mass is 35.5. The molecule has 1 fully saturated rings. The zero-order chi connectivity index (χ0) is 32.4. The topological polar surface area (TPSA) is 111 Å². The van der Waals surface area contributed by atoms with Crippen molar-refractivity contribution in [1.82, 2.24) is 5.32 Å². The van der Waals surface area contributed by atoms with Gasteiger partial charge in [-0.1, -0.05) is 35.0 Å². The van der Waals surface area contributed by atoms with Gasteiger partial charge < -0.3 is 21.1 Å². The van der Waals surface area contributed by atoms with Crippen molar-refractivity contribution >= 4 is 46.5 Å². The number of carbonyl (C=O) groups is 3. The average Bonchev–Trinajstić information content (AvgIpc) is 3.69. The zero-order valence-electron chi connectivity index (χ0n) is 23.3. The minimum atomic E-state index is -4.88. The molecule has 1 aliphatic carbocycles. The highest BCUT2D eigenvalue weighted by Crippen LogP contribution is 2.34. The summed E-state index contributed by atoms with van der Waals surface area (Å²) in [6, 6.07) is 9.81. The number of amides is 2. The Morgan fingerprint density at radius 1 is 1.02 bits per heavy atom. The van der Waals surface area contributed by atoms with E-state index < -0.39 is 52.5 Å². The largest absolute Gasteiger partial charge is 0.483 e. The molecule has 4 N–H and O–H groups in total. The molecule has 2 amide bonds. The van der Waals surface area contributed by atoms with Crippen molar-refractivity contribution in [2.75, 3.05) is 11.9 Å². The number of anilines is 1. The summed E-state index contributed by atoms with van der Waals surface area (Å²) in [5.41, 5.74) is 2.76. The van der Waals surface area contributed by atoms with Crippen molar-refractivity contribution in [2.45, 2.75) is 43.9 Å². The molecule has 0 aliphatic heterocycles. The summed E-state index contributed by atoms with van der Waals surface area (Å²) >= 11 is 12.3. The van der Waals surface area contributed by atoms with Gasteiger partial charge in [0.2, 0.25) is 5.91 Å². The average molecular weight is 650 g/mol. The van der Waals surface area contributed by atoms with E-state index in [4.69, 9.17) is 33.7 Å². The quantitative estimate of drug-likeness (QED) is 0.154. The lowest BCUT2D eigenvalue weighted by Gasteiger charge is -2.22. The fourth-order valence-corrected chi connectivity index (χ4v) is 4.30. The number of carbonyl (C=O) groups excluding carboxylic acids is 3. The van der Waals surface area contributed by atoms with Gasteiger partial charge in [-0.2, -0.15) is 13.2 Å². The molecule has 3 aromatic carbocycles. The molecule has 13 heteroatoms. The standard InChI is InChI=1S/C31H25Cl2F4N3O4/c1-29(2,40-28(43)30(38)9-10-30)8-7-17-3-5-24(23(33)11-17)39-26(41)16-44-25-6-4-20(32)15-22(25)27(42)18-12-19(31(35,36)37)14-21(34)13-18/h3-6,11-15H,9-10,16,38H2,1-2H3,(H,39,41)(H,40,43). The van der Waals surface area contributed by atoms with Crippen LogP contribution in [-0.4, -0.2) is 35.3 Å². The summed E-state index contributed by atoms with van der Waals surface area (Å²) in [6.45, 7) is 2.85. The van der Waals surface area contributed by atoms with Crippen LogP contribution in [0.5, 0.6) is 5.75 Å². The Kier molecular flexibility index (Phi) is 9.30. The normalized spacial score (nSPS) is 13.8. The van der Waals surface area contributed by atoms with Crippen molar-refractivity contribution in [3.05, 3.63) is 92.7 Å². The third kappa shape index (κ3) is 8.29. The molecule has 3 aromatic rings. The molecular weight excluding hydrogens is 625 g/mol. The Balaban J connectivity index is 1.42. The van der Waals surface area contributed by atoms with Gasteiger partial charge in [0.15, 0.2) is 12.4 Å². The Morgan fingerprint density at radius 2 is 1.73 bits per heavy atom. The van der Waals surface area contributed by atoms with Gasteiger partial charge in [0.1, 0.15) is 11.6 Å². The summed E-state index contributed by atoms with van der Waals surface area (Å²) in [4.78, 5) is 37.9. The second-order valence-corrected chi connectivity index (χ2v) is 11.6. The maximum Gasteiger partial charge on any atom is 0.416 e. The molecule has 4 rings (SSSR count). The van der Waals surface area contributed by atoms with E-state index in [1.807, 2.05) is 0 Å². The molecule has 230 valence electrons. The lowest BCUT2D eigenvalue weighted by Crippen LogP contribution is -2.51. The Bertz CT molecular complexity index is 1710.